The van der Waals surface area contributed by atoms with E-state index in [0.717, 1.165) is 5.56 Å². The molecule has 22 heavy (non-hydrogen) atoms. The van der Waals surface area contributed by atoms with Gasteiger partial charge in [0.25, 0.3) is 0 Å². The zero-order valence-electron chi connectivity index (χ0n) is 12.2. The predicted octanol–water partition coefficient (Wildman–Crippen LogP) is 2.11. The van der Waals surface area contributed by atoms with Crippen LogP contribution in [0.25, 0.3) is 0 Å². The van der Waals surface area contributed by atoms with Crippen molar-refractivity contribution in [2.24, 2.45) is 0 Å². The maximum absolute atomic E-state index is 12.2. The number of fused-ring (bicyclic) bond motifs is 1. The molecule has 6 heteroatoms. The first-order valence-electron chi connectivity index (χ1n) is 6.99. The summed E-state index contributed by atoms with van der Waals surface area (Å²) in [5.41, 5.74) is 1.01. The topological polar surface area (TPSA) is 64.6 Å². The average molecular weight is 319 g/mol. The molecule has 2 aromatic rings. The van der Waals surface area contributed by atoms with Crippen LogP contribution in [0.15, 0.2) is 53.4 Å². The molecule has 0 saturated heterocycles. The van der Waals surface area contributed by atoms with Crippen molar-refractivity contribution in [3.8, 4) is 11.5 Å². The van der Waals surface area contributed by atoms with Gasteiger partial charge in [-0.25, -0.2) is 13.1 Å². The summed E-state index contributed by atoms with van der Waals surface area (Å²) >= 11 is 0. The SMILES string of the molecule is Cc1ccc(S(=O)(=O)NC[C@@H]2COc3ccccc3O2)cc1. The van der Waals surface area contributed by atoms with Gasteiger partial charge in [-0.1, -0.05) is 29.8 Å². The number of aryl methyl sites for hydroxylation is 1. The second-order valence-electron chi connectivity index (χ2n) is 5.16. The van der Waals surface area contributed by atoms with Crippen LogP contribution in [-0.4, -0.2) is 27.7 Å². The third-order valence-corrected chi connectivity index (χ3v) is 4.84. The lowest BCUT2D eigenvalue weighted by Crippen LogP contribution is -2.40. The number of ether oxygens (including phenoxy) is 2. The quantitative estimate of drug-likeness (QED) is 0.937. The summed E-state index contributed by atoms with van der Waals surface area (Å²) in [6.45, 7) is 2.38. The number of rotatable bonds is 4. The number of sulfonamides is 1. The Morgan fingerprint density at radius 2 is 1.77 bits per heavy atom. The highest BCUT2D eigenvalue weighted by molar-refractivity contribution is 7.89. The number of benzene rings is 2. The van der Waals surface area contributed by atoms with E-state index >= 15 is 0 Å². The fraction of sp³-hybridized carbons (Fsp3) is 0.250. The molecule has 0 spiro atoms. The molecule has 0 aliphatic carbocycles. The minimum Gasteiger partial charge on any atom is -0.486 e. The lowest BCUT2D eigenvalue weighted by molar-refractivity contribution is 0.0943. The lowest BCUT2D eigenvalue weighted by atomic mass is 10.2. The zero-order valence-corrected chi connectivity index (χ0v) is 13.0. The monoisotopic (exact) mass is 319 g/mol. The molecular weight excluding hydrogens is 302 g/mol. The standard InChI is InChI=1S/C16H17NO4S/c1-12-6-8-14(9-7-12)22(18,19)17-10-13-11-20-15-4-2-3-5-16(15)21-13/h2-9,13,17H,10-11H2,1H3/t13-/m1/s1. The molecule has 2 aromatic carbocycles. The maximum atomic E-state index is 12.2. The van der Waals surface area contributed by atoms with Gasteiger partial charge in [0.1, 0.15) is 12.7 Å². The Morgan fingerprint density at radius 3 is 2.50 bits per heavy atom. The van der Waals surface area contributed by atoms with Crippen LogP contribution in [0.3, 0.4) is 0 Å². The van der Waals surface area contributed by atoms with Crippen molar-refractivity contribution in [3.63, 3.8) is 0 Å². The minimum atomic E-state index is -3.54. The summed E-state index contributed by atoms with van der Waals surface area (Å²) in [7, 11) is -3.54. The summed E-state index contributed by atoms with van der Waals surface area (Å²) in [4.78, 5) is 0.246. The molecule has 0 aromatic heterocycles. The van der Waals surface area contributed by atoms with E-state index < -0.39 is 10.0 Å². The van der Waals surface area contributed by atoms with E-state index in [2.05, 4.69) is 4.72 Å². The molecule has 1 aliphatic rings. The lowest BCUT2D eigenvalue weighted by Gasteiger charge is -2.26. The maximum Gasteiger partial charge on any atom is 0.240 e. The molecule has 1 aliphatic heterocycles. The van der Waals surface area contributed by atoms with Gasteiger partial charge in [-0.3, -0.25) is 0 Å². The Kier molecular flexibility index (Phi) is 4.04. The van der Waals surface area contributed by atoms with Crippen LogP contribution in [0.4, 0.5) is 0 Å². The van der Waals surface area contributed by atoms with E-state index in [-0.39, 0.29) is 17.5 Å². The summed E-state index contributed by atoms with van der Waals surface area (Å²) in [6, 6.07) is 14.0. The third-order valence-electron chi connectivity index (χ3n) is 3.40. The van der Waals surface area contributed by atoms with E-state index in [1.807, 2.05) is 25.1 Å². The summed E-state index contributed by atoms with van der Waals surface area (Å²) in [6.07, 6.45) is -0.352. The molecular formula is C16H17NO4S. The van der Waals surface area contributed by atoms with Crippen molar-refractivity contribution in [1.29, 1.82) is 0 Å². The Bertz CT molecular complexity index is 756. The van der Waals surface area contributed by atoms with Crippen molar-refractivity contribution in [2.75, 3.05) is 13.2 Å². The number of nitrogens with one attached hydrogen (secondary N) is 1. The summed E-state index contributed by atoms with van der Waals surface area (Å²) in [5.74, 6) is 1.31. The third kappa shape index (κ3) is 3.23. The molecule has 1 atom stereocenters. The second kappa shape index (κ2) is 5.98. The van der Waals surface area contributed by atoms with Crippen LogP contribution in [0, 0.1) is 6.92 Å². The summed E-state index contributed by atoms with van der Waals surface area (Å²) < 4.78 is 38.3. The summed E-state index contributed by atoms with van der Waals surface area (Å²) in [5, 5.41) is 0. The van der Waals surface area contributed by atoms with E-state index in [9.17, 15) is 8.42 Å². The highest BCUT2D eigenvalue weighted by atomic mass is 32.2. The Balaban J connectivity index is 1.64. The van der Waals surface area contributed by atoms with Crippen LogP contribution in [0.1, 0.15) is 5.56 Å². The molecule has 116 valence electrons. The number of para-hydroxylation sites is 2. The number of hydrogen-bond acceptors (Lipinski definition) is 4. The van der Waals surface area contributed by atoms with E-state index in [4.69, 9.17) is 9.47 Å². The van der Waals surface area contributed by atoms with Crippen molar-refractivity contribution in [2.45, 2.75) is 17.9 Å². The molecule has 0 unspecified atom stereocenters. The molecule has 1 N–H and O–H groups in total. The smallest absolute Gasteiger partial charge is 0.240 e. The first-order chi connectivity index (χ1) is 10.5. The van der Waals surface area contributed by atoms with Crippen LogP contribution in [-0.2, 0) is 10.0 Å². The fourth-order valence-electron chi connectivity index (χ4n) is 2.17. The van der Waals surface area contributed by atoms with Crippen molar-refractivity contribution >= 4 is 10.0 Å². The van der Waals surface area contributed by atoms with Gasteiger partial charge in [-0.2, -0.15) is 0 Å². The van der Waals surface area contributed by atoms with E-state index in [1.165, 1.54) is 0 Å². The molecule has 5 nitrogen and oxygen atoms in total. The zero-order chi connectivity index (χ0) is 15.6. The largest absolute Gasteiger partial charge is 0.486 e. The molecule has 0 fully saturated rings. The van der Waals surface area contributed by atoms with Crippen molar-refractivity contribution in [3.05, 3.63) is 54.1 Å². The molecule has 3 rings (SSSR count). The van der Waals surface area contributed by atoms with Crippen LogP contribution >= 0.6 is 0 Å². The van der Waals surface area contributed by atoms with Gasteiger partial charge in [0, 0.05) is 0 Å². The first kappa shape index (κ1) is 14.9. The molecule has 0 saturated carbocycles. The van der Waals surface area contributed by atoms with Crippen LogP contribution < -0.4 is 14.2 Å². The minimum absolute atomic E-state index is 0.157. The second-order valence-corrected chi connectivity index (χ2v) is 6.93. The fourth-order valence-corrected chi connectivity index (χ4v) is 3.23. The molecule has 1 heterocycles. The van der Waals surface area contributed by atoms with E-state index in [1.54, 1.807) is 30.3 Å². The molecule has 0 radical (unpaired) electrons. The first-order valence-corrected chi connectivity index (χ1v) is 8.48. The van der Waals surface area contributed by atoms with Gasteiger partial charge in [-0.15, -0.1) is 0 Å². The van der Waals surface area contributed by atoms with Crippen LogP contribution in [0.2, 0.25) is 0 Å². The van der Waals surface area contributed by atoms with Gasteiger partial charge in [0.05, 0.1) is 11.4 Å². The Labute approximate surface area is 129 Å². The van der Waals surface area contributed by atoms with Crippen molar-refractivity contribution in [1.82, 2.24) is 4.72 Å². The molecule has 0 bridgehead atoms. The van der Waals surface area contributed by atoms with Gasteiger partial charge < -0.3 is 9.47 Å². The van der Waals surface area contributed by atoms with Gasteiger partial charge >= 0.3 is 0 Å². The average Bonchev–Trinajstić information content (AvgIpc) is 2.53. The highest BCUT2D eigenvalue weighted by Gasteiger charge is 2.23. The Morgan fingerprint density at radius 1 is 1.09 bits per heavy atom. The Hall–Kier alpha value is -2.05. The van der Waals surface area contributed by atoms with Crippen molar-refractivity contribution < 1.29 is 17.9 Å². The van der Waals surface area contributed by atoms with Gasteiger partial charge in [-0.05, 0) is 31.2 Å². The highest BCUT2D eigenvalue weighted by Crippen LogP contribution is 2.30. The van der Waals surface area contributed by atoms with E-state index in [0.29, 0.717) is 18.1 Å². The van der Waals surface area contributed by atoms with Gasteiger partial charge in [0.2, 0.25) is 10.0 Å². The predicted molar refractivity (Wildman–Crippen MR) is 82.7 cm³/mol. The van der Waals surface area contributed by atoms with Crippen LogP contribution in [0.5, 0.6) is 11.5 Å². The normalized spacial score (nSPS) is 17.2. The molecule has 0 amide bonds. The van der Waals surface area contributed by atoms with Gasteiger partial charge in [0.15, 0.2) is 11.5 Å². The number of hydrogen-bond donors (Lipinski definition) is 1.